The van der Waals surface area contributed by atoms with Crippen LogP contribution < -0.4 is 0 Å². The predicted octanol–water partition coefficient (Wildman–Crippen LogP) is 1.93. The molecule has 100 valence electrons. The Bertz CT molecular complexity index is 461. The molecular weight excluding hydrogens is 228 g/mol. The number of ether oxygens (including phenoxy) is 2. The lowest BCUT2D eigenvalue weighted by atomic mass is 9.64. The van der Waals surface area contributed by atoms with Gasteiger partial charge in [-0.25, -0.2) is 0 Å². The average molecular weight is 250 g/mol. The Morgan fingerprint density at radius 1 is 1.17 bits per heavy atom. The van der Waals surface area contributed by atoms with Gasteiger partial charge in [0.05, 0.1) is 18.1 Å². The Morgan fingerprint density at radius 3 is 2.72 bits per heavy atom. The van der Waals surface area contributed by atoms with Crippen molar-refractivity contribution in [3.8, 4) is 0 Å². The van der Waals surface area contributed by atoms with Crippen LogP contribution in [0.3, 0.4) is 0 Å². The first-order chi connectivity index (χ1) is 8.36. The van der Waals surface area contributed by atoms with Gasteiger partial charge in [-0.1, -0.05) is 20.8 Å². The minimum Gasteiger partial charge on any atom is -0.367 e. The van der Waals surface area contributed by atoms with Crippen molar-refractivity contribution in [3.05, 3.63) is 0 Å². The zero-order chi connectivity index (χ0) is 12.6. The molecule has 0 aromatic rings. The maximum Gasteiger partial charge on any atom is 0.163 e. The molecular formula is C15H22O3. The summed E-state index contributed by atoms with van der Waals surface area (Å²) in [5, 5.41) is 10.3. The number of rotatable bonds is 0. The molecule has 0 aromatic heterocycles. The van der Waals surface area contributed by atoms with E-state index in [0.717, 1.165) is 12.3 Å². The third kappa shape index (κ3) is 0.786. The van der Waals surface area contributed by atoms with Crippen molar-refractivity contribution in [3.63, 3.8) is 0 Å². The second-order valence-electron chi connectivity index (χ2n) is 8.50. The Balaban J connectivity index is 1.65. The molecule has 5 rings (SSSR count). The highest BCUT2D eigenvalue weighted by atomic mass is 16.7. The minimum absolute atomic E-state index is 0.0632. The lowest BCUT2D eigenvalue weighted by Gasteiger charge is -2.36. The highest BCUT2D eigenvalue weighted by Crippen LogP contribution is 2.88. The van der Waals surface area contributed by atoms with Crippen molar-refractivity contribution in [2.24, 2.45) is 28.1 Å². The number of fused-ring (bicyclic) bond motifs is 3. The number of aliphatic hydroxyl groups is 1. The molecule has 3 aliphatic carbocycles. The average Bonchev–Trinajstić information content (AvgIpc) is 3.08. The number of hydrogen-bond acceptors (Lipinski definition) is 3. The molecule has 5 aliphatic rings. The molecule has 3 nitrogen and oxygen atoms in total. The summed E-state index contributed by atoms with van der Waals surface area (Å²) < 4.78 is 11.8. The highest BCUT2D eigenvalue weighted by Gasteiger charge is 2.94. The van der Waals surface area contributed by atoms with Gasteiger partial charge >= 0.3 is 0 Å². The van der Waals surface area contributed by atoms with Crippen molar-refractivity contribution in [2.75, 3.05) is 6.61 Å². The van der Waals surface area contributed by atoms with Crippen LogP contribution >= 0.6 is 0 Å². The third-order valence-electron chi connectivity index (χ3n) is 7.20. The van der Waals surface area contributed by atoms with Crippen molar-refractivity contribution >= 4 is 0 Å². The molecule has 0 aromatic carbocycles. The zero-order valence-electron chi connectivity index (χ0n) is 11.4. The SMILES string of the molecule is CC1(C)C[C@@H]2[C@@H]3O[C@@]34CO[C@H](O)[C@]43C[C@]3(C)[C@H]2C1. The molecule has 3 saturated carbocycles. The Morgan fingerprint density at radius 2 is 1.94 bits per heavy atom. The molecule has 7 atom stereocenters. The first-order valence-corrected chi connectivity index (χ1v) is 7.34. The molecule has 0 radical (unpaired) electrons. The molecule has 0 bridgehead atoms. The number of aliphatic hydroxyl groups excluding tert-OH is 1. The molecule has 5 fully saturated rings. The summed E-state index contributed by atoms with van der Waals surface area (Å²) in [4.78, 5) is 0. The Kier molecular flexibility index (Phi) is 1.43. The van der Waals surface area contributed by atoms with Crippen LogP contribution in [0.1, 0.15) is 40.0 Å². The van der Waals surface area contributed by atoms with E-state index in [-0.39, 0.29) is 16.4 Å². The van der Waals surface area contributed by atoms with E-state index in [9.17, 15) is 5.11 Å². The van der Waals surface area contributed by atoms with E-state index in [4.69, 9.17) is 9.47 Å². The van der Waals surface area contributed by atoms with Gasteiger partial charge in [-0.15, -0.1) is 0 Å². The van der Waals surface area contributed by atoms with Crippen molar-refractivity contribution in [2.45, 2.75) is 58.0 Å². The van der Waals surface area contributed by atoms with E-state index in [2.05, 4.69) is 20.8 Å². The maximum atomic E-state index is 10.3. The molecule has 2 aliphatic heterocycles. The van der Waals surface area contributed by atoms with E-state index in [0.29, 0.717) is 24.0 Å². The molecule has 1 N–H and O–H groups in total. The predicted molar refractivity (Wildman–Crippen MR) is 64.7 cm³/mol. The maximum absolute atomic E-state index is 10.3. The van der Waals surface area contributed by atoms with Crippen molar-refractivity contribution in [1.29, 1.82) is 0 Å². The lowest BCUT2D eigenvalue weighted by Crippen LogP contribution is -2.45. The van der Waals surface area contributed by atoms with E-state index < -0.39 is 6.29 Å². The largest absolute Gasteiger partial charge is 0.367 e. The van der Waals surface area contributed by atoms with Crippen LogP contribution in [-0.2, 0) is 9.47 Å². The fourth-order valence-electron chi connectivity index (χ4n) is 6.41. The second-order valence-corrected chi connectivity index (χ2v) is 8.50. The van der Waals surface area contributed by atoms with Crippen molar-refractivity contribution in [1.82, 2.24) is 0 Å². The van der Waals surface area contributed by atoms with Gasteiger partial charge < -0.3 is 14.6 Å². The van der Waals surface area contributed by atoms with E-state index in [1.165, 1.54) is 12.8 Å². The summed E-state index contributed by atoms with van der Waals surface area (Å²) in [5.41, 5.74) is 0.531. The molecule has 2 heterocycles. The molecule has 2 saturated heterocycles. The summed E-state index contributed by atoms with van der Waals surface area (Å²) in [6, 6.07) is 0. The van der Waals surface area contributed by atoms with Crippen LogP contribution in [0.2, 0.25) is 0 Å². The molecule has 3 heteroatoms. The lowest BCUT2D eigenvalue weighted by molar-refractivity contribution is -0.105. The Labute approximate surface area is 108 Å². The van der Waals surface area contributed by atoms with Crippen molar-refractivity contribution < 1.29 is 14.6 Å². The topological polar surface area (TPSA) is 42.0 Å². The number of epoxide rings is 1. The molecule has 0 amide bonds. The minimum atomic E-state index is -0.586. The van der Waals surface area contributed by atoms with Crippen LogP contribution in [0.15, 0.2) is 0 Å². The summed E-state index contributed by atoms with van der Waals surface area (Å²) in [6.45, 7) is 7.78. The van der Waals surface area contributed by atoms with E-state index in [1.54, 1.807) is 0 Å². The van der Waals surface area contributed by atoms with E-state index >= 15 is 0 Å². The first-order valence-electron chi connectivity index (χ1n) is 7.34. The third-order valence-corrected chi connectivity index (χ3v) is 7.20. The molecule has 18 heavy (non-hydrogen) atoms. The van der Waals surface area contributed by atoms with Gasteiger partial charge in [0.25, 0.3) is 0 Å². The second kappa shape index (κ2) is 2.43. The van der Waals surface area contributed by atoms with Gasteiger partial charge in [0.1, 0.15) is 5.60 Å². The van der Waals surface area contributed by atoms with Gasteiger partial charge in [0.2, 0.25) is 0 Å². The van der Waals surface area contributed by atoms with Crippen LogP contribution in [0.5, 0.6) is 0 Å². The fraction of sp³-hybridized carbons (Fsp3) is 1.00. The standard InChI is InChI=1S/C15H22O3/c1-12(2)4-8-9(5-12)13(3)6-14(13)11(16)17-7-15(14)10(8)18-15/h8-11,16H,4-7H2,1-3H3/t8-,9-,10-,11-,13+,14-,15-/m0/s1. The van der Waals surface area contributed by atoms with Gasteiger partial charge in [-0.3, -0.25) is 0 Å². The highest BCUT2D eigenvalue weighted by molar-refractivity contribution is 5.39. The molecule has 2 spiro atoms. The fourth-order valence-corrected chi connectivity index (χ4v) is 6.41. The quantitative estimate of drug-likeness (QED) is 0.668. The monoisotopic (exact) mass is 250 g/mol. The van der Waals surface area contributed by atoms with E-state index in [1.807, 2.05) is 0 Å². The zero-order valence-corrected chi connectivity index (χ0v) is 11.4. The summed E-state index contributed by atoms with van der Waals surface area (Å²) >= 11 is 0. The summed E-state index contributed by atoms with van der Waals surface area (Å²) in [5.74, 6) is 1.43. The Hall–Kier alpha value is -0.120. The summed E-state index contributed by atoms with van der Waals surface area (Å²) in [6.07, 6.45) is 3.47. The molecule has 0 unspecified atom stereocenters. The summed E-state index contributed by atoms with van der Waals surface area (Å²) in [7, 11) is 0. The van der Waals surface area contributed by atoms with Crippen LogP contribution in [-0.4, -0.2) is 29.7 Å². The van der Waals surface area contributed by atoms with Gasteiger partial charge in [0.15, 0.2) is 6.29 Å². The van der Waals surface area contributed by atoms with Crippen LogP contribution in [0.4, 0.5) is 0 Å². The number of hydrogen-bond donors (Lipinski definition) is 1. The van der Waals surface area contributed by atoms with Gasteiger partial charge in [-0.05, 0) is 41.9 Å². The van der Waals surface area contributed by atoms with Crippen LogP contribution in [0, 0.1) is 28.1 Å². The van der Waals surface area contributed by atoms with Gasteiger partial charge in [0, 0.05) is 0 Å². The first kappa shape index (κ1) is 10.6. The van der Waals surface area contributed by atoms with Gasteiger partial charge in [-0.2, -0.15) is 0 Å². The van der Waals surface area contributed by atoms with Crippen LogP contribution in [0.25, 0.3) is 0 Å². The smallest absolute Gasteiger partial charge is 0.163 e. The normalized spacial score (nSPS) is 70.0.